The van der Waals surface area contributed by atoms with E-state index in [1.807, 2.05) is 36.4 Å². The molecule has 0 aliphatic carbocycles. The molecular formula is C21H24N2. The van der Waals surface area contributed by atoms with Crippen molar-refractivity contribution in [2.75, 3.05) is 0 Å². The van der Waals surface area contributed by atoms with Gasteiger partial charge in [0.25, 0.3) is 0 Å². The summed E-state index contributed by atoms with van der Waals surface area (Å²) in [6.07, 6.45) is 5.51. The average molecular weight is 304 g/mol. The van der Waals surface area contributed by atoms with Gasteiger partial charge < -0.3 is 0 Å². The van der Waals surface area contributed by atoms with E-state index in [0.29, 0.717) is 0 Å². The molecule has 2 nitrogen and oxygen atoms in total. The third kappa shape index (κ3) is 5.38. The molecule has 1 atom stereocenters. The minimum absolute atomic E-state index is 0.276. The average Bonchev–Trinajstić information content (AvgIpc) is 2.63. The van der Waals surface area contributed by atoms with Crippen molar-refractivity contribution in [3.63, 3.8) is 0 Å². The van der Waals surface area contributed by atoms with Crippen molar-refractivity contribution >= 4 is 5.71 Å². The second-order valence-corrected chi connectivity index (χ2v) is 5.70. The van der Waals surface area contributed by atoms with Gasteiger partial charge in [0.2, 0.25) is 0 Å². The van der Waals surface area contributed by atoms with Crippen LogP contribution in [0.1, 0.15) is 50.2 Å². The van der Waals surface area contributed by atoms with Crippen molar-refractivity contribution in [2.45, 2.75) is 45.1 Å². The summed E-state index contributed by atoms with van der Waals surface area (Å²) >= 11 is 0. The van der Waals surface area contributed by atoms with Crippen molar-refractivity contribution in [3.05, 3.63) is 71.8 Å². The van der Waals surface area contributed by atoms with Crippen molar-refractivity contribution < 1.29 is 0 Å². The zero-order valence-corrected chi connectivity index (χ0v) is 13.8. The van der Waals surface area contributed by atoms with Gasteiger partial charge >= 0.3 is 0 Å². The first-order valence-electron chi connectivity index (χ1n) is 8.43. The van der Waals surface area contributed by atoms with Crippen LogP contribution in [0.2, 0.25) is 0 Å². The minimum atomic E-state index is -0.276. The van der Waals surface area contributed by atoms with Crippen LogP contribution < -0.4 is 0 Å². The molecule has 0 saturated heterocycles. The first-order valence-corrected chi connectivity index (χ1v) is 8.43. The Labute approximate surface area is 139 Å². The highest BCUT2D eigenvalue weighted by molar-refractivity contribution is 6.13. The molecule has 2 heteroatoms. The lowest BCUT2D eigenvalue weighted by Crippen LogP contribution is -2.10. The van der Waals surface area contributed by atoms with Gasteiger partial charge in [-0.15, -0.1) is 0 Å². The largest absolute Gasteiger partial charge is 0.266 e. The summed E-state index contributed by atoms with van der Waals surface area (Å²) < 4.78 is 0. The van der Waals surface area contributed by atoms with E-state index in [0.717, 1.165) is 29.7 Å². The van der Waals surface area contributed by atoms with Gasteiger partial charge in [-0.3, -0.25) is 4.99 Å². The summed E-state index contributed by atoms with van der Waals surface area (Å²) in [5.41, 5.74) is 3.04. The molecule has 0 fully saturated rings. The minimum Gasteiger partial charge on any atom is -0.266 e. The van der Waals surface area contributed by atoms with Crippen LogP contribution in [0, 0.1) is 11.3 Å². The van der Waals surface area contributed by atoms with Crippen molar-refractivity contribution in [2.24, 2.45) is 4.99 Å². The number of hydrogen-bond donors (Lipinski definition) is 0. The molecule has 2 aromatic rings. The molecule has 23 heavy (non-hydrogen) atoms. The molecule has 0 radical (unpaired) electrons. The van der Waals surface area contributed by atoms with Crippen LogP contribution >= 0.6 is 0 Å². The maximum absolute atomic E-state index is 9.47. The Morgan fingerprint density at radius 2 is 1.48 bits per heavy atom. The lowest BCUT2D eigenvalue weighted by Gasteiger charge is -2.11. The predicted octanol–water partition coefficient (Wildman–Crippen LogP) is 5.39. The summed E-state index contributed by atoms with van der Waals surface area (Å²) in [6.45, 7) is 2.20. The Kier molecular flexibility index (Phi) is 7.07. The zero-order chi connectivity index (χ0) is 16.3. The van der Waals surface area contributed by atoms with E-state index in [1.54, 1.807) is 0 Å². The number of nitriles is 1. The summed E-state index contributed by atoms with van der Waals surface area (Å²) in [4.78, 5) is 4.79. The highest BCUT2D eigenvalue weighted by Crippen LogP contribution is 2.15. The molecule has 0 heterocycles. The van der Waals surface area contributed by atoms with Crippen LogP contribution in [0.25, 0.3) is 0 Å². The number of aliphatic imine (C=N–C) groups is 1. The van der Waals surface area contributed by atoms with Gasteiger partial charge in [-0.05, 0) is 6.42 Å². The second-order valence-electron chi connectivity index (χ2n) is 5.70. The van der Waals surface area contributed by atoms with Gasteiger partial charge in [0.15, 0.2) is 0 Å². The molecule has 2 aromatic carbocycles. The predicted molar refractivity (Wildman–Crippen MR) is 96.7 cm³/mol. The van der Waals surface area contributed by atoms with Gasteiger partial charge in [-0.1, -0.05) is 93.3 Å². The Hall–Kier alpha value is -2.40. The fraction of sp³-hybridized carbons (Fsp3) is 0.333. The smallest absolute Gasteiger partial charge is 0.137 e. The van der Waals surface area contributed by atoms with E-state index < -0.39 is 0 Å². The second kappa shape index (κ2) is 9.58. The van der Waals surface area contributed by atoms with E-state index in [1.165, 1.54) is 19.3 Å². The molecule has 0 amide bonds. The fourth-order valence-electron chi connectivity index (χ4n) is 2.59. The maximum atomic E-state index is 9.47. The van der Waals surface area contributed by atoms with E-state index in [-0.39, 0.29) is 6.04 Å². The lowest BCUT2D eigenvalue weighted by molar-refractivity contribution is 0.605. The van der Waals surface area contributed by atoms with Crippen LogP contribution in [-0.4, -0.2) is 11.8 Å². The first-order chi connectivity index (χ1) is 11.3. The van der Waals surface area contributed by atoms with Crippen LogP contribution in [0.3, 0.4) is 0 Å². The van der Waals surface area contributed by atoms with Crippen LogP contribution in [0.4, 0.5) is 0 Å². The maximum Gasteiger partial charge on any atom is 0.137 e. The summed E-state index contributed by atoms with van der Waals surface area (Å²) in [7, 11) is 0. The SMILES string of the molecule is CCCCCCC(C#N)N=C(c1ccccc1)c1ccccc1. The first kappa shape index (κ1) is 17.0. The van der Waals surface area contributed by atoms with Crippen LogP contribution in [-0.2, 0) is 0 Å². The zero-order valence-electron chi connectivity index (χ0n) is 13.8. The highest BCUT2D eigenvalue weighted by atomic mass is 14.8. The van der Waals surface area contributed by atoms with E-state index in [2.05, 4.69) is 37.3 Å². The molecule has 0 aliphatic rings. The fourth-order valence-corrected chi connectivity index (χ4v) is 2.59. The number of benzene rings is 2. The van der Waals surface area contributed by atoms with Crippen molar-refractivity contribution in [3.8, 4) is 6.07 Å². The van der Waals surface area contributed by atoms with E-state index in [4.69, 9.17) is 4.99 Å². The molecule has 0 bridgehead atoms. The number of nitrogens with zero attached hydrogens (tertiary/aromatic N) is 2. The summed E-state index contributed by atoms with van der Waals surface area (Å²) in [6, 6.07) is 22.3. The summed E-state index contributed by atoms with van der Waals surface area (Å²) in [5.74, 6) is 0. The highest BCUT2D eigenvalue weighted by Gasteiger charge is 2.11. The van der Waals surface area contributed by atoms with Crippen molar-refractivity contribution in [1.82, 2.24) is 0 Å². The standard InChI is InChI=1S/C21H24N2/c1-2-3-4-11-16-20(17-22)23-21(18-12-7-5-8-13-18)19-14-9-6-10-15-19/h5-10,12-15,20H,2-4,11,16H2,1H3. The molecule has 118 valence electrons. The number of hydrogen-bond acceptors (Lipinski definition) is 2. The molecule has 1 unspecified atom stereocenters. The Bertz CT molecular complexity index is 597. The van der Waals surface area contributed by atoms with Gasteiger partial charge in [0.1, 0.15) is 6.04 Å². The Balaban J connectivity index is 2.24. The van der Waals surface area contributed by atoms with Gasteiger partial charge in [-0.25, -0.2) is 0 Å². The van der Waals surface area contributed by atoms with Crippen molar-refractivity contribution in [1.29, 1.82) is 5.26 Å². The van der Waals surface area contributed by atoms with E-state index in [9.17, 15) is 5.26 Å². The topological polar surface area (TPSA) is 36.1 Å². The van der Waals surface area contributed by atoms with E-state index >= 15 is 0 Å². The Morgan fingerprint density at radius 3 is 1.96 bits per heavy atom. The number of unbranched alkanes of at least 4 members (excludes halogenated alkanes) is 3. The normalized spacial score (nSPS) is 11.5. The number of rotatable bonds is 8. The van der Waals surface area contributed by atoms with Gasteiger partial charge in [0, 0.05) is 11.1 Å². The molecular weight excluding hydrogens is 280 g/mol. The van der Waals surface area contributed by atoms with Gasteiger partial charge in [0.05, 0.1) is 11.8 Å². The quantitative estimate of drug-likeness (QED) is 0.476. The summed E-state index contributed by atoms with van der Waals surface area (Å²) in [5, 5.41) is 9.47. The van der Waals surface area contributed by atoms with Gasteiger partial charge in [-0.2, -0.15) is 5.26 Å². The molecule has 0 spiro atoms. The van der Waals surface area contributed by atoms with Crippen LogP contribution in [0.15, 0.2) is 65.7 Å². The molecule has 0 N–H and O–H groups in total. The third-order valence-corrected chi connectivity index (χ3v) is 3.86. The van der Waals surface area contributed by atoms with Crippen LogP contribution in [0.5, 0.6) is 0 Å². The molecule has 2 rings (SSSR count). The Morgan fingerprint density at radius 1 is 0.913 bits per heavy atom. The molecule has 0 aliphatic heterocycles. The molecule has 0 aromatic heterocycles. The third-order valence-electron chi connectivity index (χ3n) is 3.86. The molecule has 0 saturated carbocycles. The monoisotopic (exact) mass is 304 g/mol. The lowest BCUT2D eigenvalue weighted by atomic mass is 10.0.